The average Bonchev–Trinajstić information content (AvgIpc) is 2.80. The second kappa shape index (κ2) is 11.7. The van der Waals surface area contributed by atoms with Crippen LogP contribution < -0.4 is 28.2 Å². The quantitative estimate of drug-likeness (QED) is 0.221. The largest absolute Gasteiger partial charge is 0.370 e. The summed E-state index contributed by atoms with van der Waals surface area (Å²) in [4.78, 5) is 34.2. The molecule has 0 radical (unpaired) electrons. The molecule has 0 spiro atoms. The molecule has 0 saturated carbocycles. The van der Waals surface area contributed by atoms with E-state index in [1.165, 1.54) is 10.1 Å². The van der Waals surface area contributed by atoms with Crippen molar-refractivity contribution in [3.63, 3.8) is 0 Å². The Labute approximate surface area is 207 Å². The van der Waals surface area contributed by atoms with Crippen LogP contribution in [-0.4, -0.2) is 33.2 Å². The van der Waals surface area contributed by atoms with Crippen LogP contribution in [0.1, 0.15) is 30.0 Å². The van der Waals surface area contributed by atoms with Gasteiger partial charge < -0.3 is 16.8 Å². The molecule has 180 valence electrons. The predicted octanol–water partition coefficient (Wildman–Crippen LogP) is 2.45. The summed E-state index contributed by atoms with van der Waals surface area (Å²) in [6, 6.07) is 13.0. The molecule has 34 heavy (non-hydrogen) atoms. The van der Waals surface area contributed by atoms with Crippen LogP contribution in [-0.2, 0) is 19.5 Å². The van der Waals surface area contributed by atoms with E-state index < -0.39 is 11.4 Å². The third-order valence-electron chi connectivity index (χ3n) is 5.07. The Kier molecular flexibility index (Phi) is 8.72. The van der Waals surface area contributed by atoms with Crippen LogP contribution in [0.2, 0.25) is 10.0 Å². The first-order chi connectivity index (χ1) is 16.3. The van der Waals surface area contributed by atoms with E-state index in [9.17, 15) is 9.59 Å². The normalized spacial score (nSPS) is 10.8. The van der Waals surface area contributed by atoms with Crippen molar-refractivity contribution in [3.05, 3.63) is 90.2 Å². The zero-order chi connectivity index (χ0) is 24.7. The summed E-state index contributed by atoms with van der Waals surface area (Å²) in [6.07, 6.45) is 2.03. The fraction of sp³-hybridized carbons (Fsp3) is 0.304. The highest BCUT2D eigenvalue weighted by Crippen LogP contribution is 2.22. The maximum Gasteiger partial charge on any atom is 0.355 e. The lowest BCUT2D eigenvalue weighted by Crippen LogP contribution is -2.43. The number of hydrogen-bond donors (Lipinski definition) is 3. The van der Waals surface area contributed by atoms with Crippen molar-refractivity contribution in [2.45, 2.75) is 32.9 Å². The number of aryl methyl sites for hydroxylation is 1. The highest BCUT2D eigenvalue weighted by atomic mass is 35.5. The van der Waals surface area contributed by atoms with Gasteiger partial charge >= 0.3 is 11.4 Å². The molecule has 0 amide bonds. The van der Waals surface area contributed by atoms with E-state index in [2.05, 4.69) is 22.2 Å². The Bertz CT molecular complexity index is 1280. The van der Waals surface area contributed by atoms with Crippen molar-refractivity contribution in [1.29, 1.82) is 0 Å². The number of aromatic nitrogens is 3. The second-order valence-corrected chi connectivity index (χ2v) is 8.54. The van der Waals surface area contributed by atoms with E-state index in [1.807, 2.05) is 24.3 Å². The first kappa shape index (κ1) is 25.3. The maximum absolute atomic E-state index is 13.4. The number of hydrogen-bond acceptors (Lipinski definition) is 5. The van der Waals surface area contributed by atoms with Crippen molar-refractivity contribution in [2.24, 2.45) is 16.5 Å². The average molecular weight is 504 g/mol. The molecule has 3 aromatic rings. The Hall–Kier alpha value is -3.30. The molecule has 9 nitrogen and oxygen atoms in total. The molecule has 3 rings (SSSR count). The smallest absolute Gasteiger partial charge is 0.355 e. The zero-order valence-electron chi connectivity index (χ0n) is 18.8. The molecule has 11 heteroatoms. The number of guanidine groups is 1. The predicted molar refractivity (Wildman–Crippen MR) is 137 cm³/mol. The zero-order valence-corrected chi connectivity index (χ0v) is 20.3. The second-order valence-electron chi connectivity index (χ2n) is 7.72. The summed E-state index contributed by atoms with van der Waals surface area (Å²) in [5, 5.41) is 3.72. The molecule has 2 aromatic carbocycles. The van der Waals surface area contributed by atoms with Crippen molar-refractivity contribution in [3.8, 4) is 0 Å². The van der Waals surface area contributed by atoms with Gasteiger partial charge in [0.15, 0.2) is 5.96 Å². The summed E-state index contributed by atoms with van der Waals surface area (Å²) in [6.45, 7) is 2.90. The number of benzene rings is 2. The molecule has 0 fully saturated rings. The van der Waals surface area contributed by atoms with Crippen LogP contribution in [0.25, 0.3) is 0 Å². The molecule has 0 aliphatic heterocycles. The molecule has 0 aliphatic rings. The van der Waals surface area contributed by atoms with Gasteiger partial charge in [0.1, 0.15) is 0 Å². The van der Waals surface area contributed by atoms with E-state index in [1.54, 1.807) is 18.2 Å². The van der Waals surface area contributed by atoms with Crippen LogP contribution >= 0.6 is 23.2 Å². The number of halogens is 2. The van der Waals surface area contributed by atoms with Gasteiger partial charge in [-0.15, -0.1) is 0 Å². The minimum atomic E-state index is -0.685. The van der Waals surface area contributed by atoms with Crippen molar-refractivity contribution >= 4 is 35.1 Å². The van der Waals surface area contributed by atoms with Crippen molar-refractivity contribution in [1.82, 2.24) is 14.1 Å². The first-order valence-corrected chi connectivity index (χ1v) is 11.6. The van der Waals surface area contributed by atoms with E-state index in [0.717, 1.165) is 23.0 Å². The van der Waals surface area contributed by atoms with Crippen LogP contribution in [0.4, 0.5) is 5.95 Å². The fourth-order valence-corrected chi connectivity index (χ4v) is 3.72. The number of nitrogens with one attached hydrogen (secondary N) is 1. The summed E-state index contributed by atoms with van der Waals surface area (Å²) in [5.41, 5.74) is 12.3. The van der Waals surface area contributed by atoms with Crippen LogP contribution in [0, 0.1) is 0 Å². The van der Waals surface area contributed by atoms with Crippen LogP contribution in [0.3, 0.4) is 0 Å². The molecular weight excluding hydrogens is 477 g/mol. The van der Waals surface area contributed by atoms with Gasteiger partial charge in [0.05, 0.1) is 29.7 Å². The minimum Gasteiger partial charge on any atom is -0.370 e. The Morgan fingerprint density at radius 1 is 0.971 bits per heavy atom. The highest BCUT2D eigenvalue weighted by Gasteiger charge is 2.14. The number of rotatable bonds is 10. The third kappa shape index (κ3) is 6.61. The number of nitrogens with two attached hydrogens (primary N) is 2. The molecule has 1 aromatic heterocycles. The monoisotopic (exact) mass is 503 g/mol. The maximum atomic E-state index is 13.4. The molecule has 0 atom stereocenters. The summed E-state index contributed by atoms with van der Waals surface area (Å²) in [5.74, 6) is 0.0974. The van der Waals surface area contributed by atoms with Gasteiger partial charge in [-0.25, -0.2) is 14.2 Å². The first-order valence-electron chi connectivity index (χ1n) is 10.8. The van der Waals surface area contributed by atoms with Crippen LogP contribution in [0.15, 0.2) is 57.0 Å². The standard InChI is InChI=1S/C23H27Cl2N7O2/c1-2-3-15-4-6-16(7-5-15)13-31-21(29-11-10-28-20(26)27)30-22(33)32(23(31)34)14-17-8-9-18(24)19(25)12-17/h4-9,12H,2-3,10-11,13-14H2,1H3,(H4,26,27,28)(H,29,30,33). The Balaban J connectivity index is 1.97. The molecule has 0 saturated heterocycles. The lowest BCUT2D eigenvalue weighted by molar-refractivity contribution is 0.586. The van der Waals surface area contributed by atoms with Gasteiger partial charge in [-0.1, -0.05) is 66.9 Å². The van der Waals surface area contributed by atoms with Gasteiger partial charge in [0, 0.05) is 6.54 Å². The van der Waals surface area contributed by atoms with Crippen molar-refractivity contribution < 1.29 is 0 Å². The topological polar surface area (TPSA) is 133 Å². The highest BCUT2D eigenvalue weighted by molar-refractivity contribution is 6.42. The summed E-state index contributed by atoms with van der Waals surface area (Å²) in [7, 11) is 0. The Morgan fingerprint density at radius 2 is 1.62 bits per heavy atom. The molecular formula is C23H27Cl2N7O2. The SMILES string of the molecule is CCCc1ccc(Cn2c(NCCN=C(N)N)nc(=O)n(Cc3ccc(Cl)c(Cl)c3)c2=O)cc1. The van der Waals surface area contributed by atoms with Gasteiger partial charge in [-0.05, 0) is 35.2 Å². The molecule has 0 aliphatic carbocycles. The number of nitrogens with zero attached hydrogens (tertiary/aromatic N) is 4. The van der Waals surface area contributed by atoms with Crippen molar-refractivity contribution in [2.75, 3.05) is 18.4 Å². The van der Waals surface area contributed by atoms with Gasteiger partial charge in [0.25, 0.3) is 0 Å². The third-order valence-corrected chi connectivity index (χ3v) is 5.81. The summed E-state index contributed by atoms with van der Waals surface area (Å²) >= 11 is 12.1. The molecule has 1 heterocycles. The van der Waals surface area contributed by atoms with E-state index in [0.29, 0.717) is 15.6 Å². The number of aliphatic imine (C=N–C) groups is 1. The molecule has 0 unspecified atom stereocenters. The van der Waals surface area contributed by atoms with E-state index in [-0.39, 0.29) is 38.1 Å². The summed E-state index contributed by atoms with van der Waals surface area (Å²) < 4.78 is 2.48. The van der Waals surface area contributed by atoms with Gasteiger partial charge in [-0.3, -0.25) is 9.56 Å². The molecule has 0 bridgehead atoms. The minimum absolute atomic E-state index is 0.00523. The van der Waals surface area contributed by atoms with Crippen LogP contribution in [0.5, 0.6) is 0 Å². The van der Waals surface area contributed by atoms with Gasteiger partial charge in [-0.2, -0.15) is 4.98 Å². The molecule has 5 N–H and O–H groups in total. The fourth-order valence-electron chi connectivity index (χ4n) is 3.40. The Morgan fingerprint density at radius 3 is 2.26 bits per heavy atom. The van der Waals surface area contributed by atoms with E-state index >= 15 is 0 Å². The van der Waals surface area contributed by atoms with E-state index in [4.69, 9.17) is 34.7 Å². The van der Waals surface area contributed by atoms with Gasteiger partial charge in [0.2, 0.25) is 5.95 Å². The number of anilines is 1. The lowest BCUT2D eigenvalue weighted by atomic mass is 10.1. The lowest BCUT2D eigenvalue weighted by Gasteiger charge is -2.16.